The Hall–Kier alpha value is -1.04. The average molecular weight is 146 g/mol. The lowest BCUT2D eigenvalue weighted by Crippen LogP contribution is -1.90. The summed E-state index contributed by atoms with van der Waals surface area (Å²) in [5.41, 5.74) is 0. The Morgan fingerprint density at radius 1 is 1.18 bits per heavy atom. The maximum absolute atomic E-state index is 3.65. The SMILES string of the molecule is C=C/C=C\C1CC=CC=CC1. The van der Waals surface area contributed by atoms with Crippen LogP contribution >= 0.6 is 0 Å². The summed E-state index contributed by atoms with van der Waals surface area (Å²) in [6, 6.07) is 0. The van der Waals surface area contributed by atoms with Crippen LogP contribution in [0.15, 0.2) is 49.1 Å². The Morgan fingerprint density at radius 2 is 1.82 bits per heavy atom. The molecule has 1 aliphatic carbocycles. The third-order valence-corrected chi connectivity index (χ3v) is 1.78. The number of hydrogen-bond donors (Lipinski definition) is 0. The van der Waals surface area contributed by atoms with E-state index in [1.165, 1.54) is 0 Å². The minimum Gasteiger partial charge on any atom is -0.0991 e. The van der Waals surface area contributed by atoms with Crippen LogP contribution in [0.5, 0.6) is 0 Å². The van der Waals surface area contributed by atoms with Gasteiger partial charge in [-0.3, -0.25) is 0 Å². The van der Waals surface area contributed by atoms with Crippen molar-refractivity contribution in [3.05, 3.63) is 49.1 Å². The molecule has 1 rings (SSSR count). The van der Waals surface area contributed by atoms with Gasteiger partial charge in [0.05, 0.1) is 0 Å². The lowest BCUT2D eigenvalue weighted by Gasteiger charge is -2.03. The first-order valence-corrected chi connectivity index (χ1v) is 4.04. The van der Waals surface area contributed by atoms with E-state index in [-0.39, 0.29) is 0 Å². The van der Waals surface area contributed by atoms with Gasteiger partial charge in [0.15, 0.2) is 0 Å². The minimum absolute atomic E-state index is 0.669. The molecule has 0 heterocycles. The molecule has 0 bridgehead atoms. The van der Waals surface area contributed by atoms with Gasteiger partial charge >= 0.3 is 0 Å². The van der Waals surface area contributed by atoms with Crippen molar-refractivity contribution in [1.82, 2.24) is 0 Å². The van der Waals surface area contributed by atoms with E-state index < -0.39 is 0 Å². The monoisotopic (exact) mass is 146 g/mol. The highest BCUT2D eigenvalue weighted by Crippen LogP contribution is 2.14. The van der Waals surface area contributed by atoms with Gasteiger partial charge in [-0.05, 0) is 18.8 Å². The van der Waals surface area contributed by atoms with Crippen molar-refractivity contribution in [3.63, 3.8) is 0 Å². The van der Waals surface area contributed by atoms with Gasteiger partial charge in [-0.2, -0.15) is 0 Å². The predicted octanol–water partition coefficient (Wildman–Crippen LogP) is 3.25. The molecule has 0 saturated heterocycles. The fourth-order valence-electron chi connectivity index (χ4n) is 1.15. The topological polar surface area (TPSA) is 0 Å². The zero-order valence-electron chi connectivity index (χ0n) is 6.74. The molecular weight excluding hydrogens is 132 g/mol. The van der Waals surface area contributed by atoms with Crippen molar-refractivity contribution in [2.24, 2.45) is 5.92 Å². The van der Waals surface area contributed by atoms with Crippen molar-refractivity contribution in [2.45, 2.75) is 12.8 Å². The summed E-state index contributed by atoms with van der Waals surface area (Å²) in [6.45, 7) is 3.65. The maximum Gasteiger partial charge on any atom is -0.0161 e. The second kappa shape index (κ2) is 4.73. The van der Waals surface area contributed by atoms with Crippen LogP contribution in [0.1, 0.15) is 12.8 Å². The molecule has 0 N–H and O–H groups in total. The van der Waals surface area contributed by atoms with Gasteiger partial charge in [-0.15, -0.1) is 0 Å². The third-order valence-electron chi connectivity index (χ3n) is 1.78. The Balaban J connectivity index is 2.45. The molecule has 0 aromatic rings. The smallest absolute Gasteiger partial charge is 0.0161 e. The quantitative estimate of drug-likeness (QED) is 0.524. The van der Waals surface area contributed by atoms with E-state index in [9.17, 15) is 0 Å². The largest absolute Gasteiger partial charge is 0.0991 e. The van der Waals surface area contributed by atoms with Gasteiger partial charge in [0.1, 0.15) is 0 Å². The van der Waals surface area contributed by atoms with Crippen LogP contribution in [0, 0.1) is 5.92 Å². The van der Waals surface area contributed by atoms with E-state index in [0.717, 1.165) is 12.8 Å². The van der Waals surface area contributed by atoms with Crippen LogP contribution in [-0.4, -0.2) is 0 Å². The molecule has 0 aliphatic heterocycles. The molecule has 0 spiro atoms. The van der Waals surface area contributed by atoms with Crippen LogP contribution in [0.2, 0.25) is 0 Å². The Labute approximate surface area is 68.6 Å². The summed E-state index contributed by atoms with van der Waals surface area (Å²) in [5, 5.41) is 0. The molecule has 0 radical (unpaired) electrons. The van der Waals surface area contributed by atoms with Crippen LogP contribution in [0.4, 0.5) is 0 Å². The molecule has 0 amide bonds. The van der Waals surface area contributed by atoms with Crippen LogP contribution in [-0.2, 0) is 0 Å². The Kier molecular flexibility index (Phi) is 3.46. The van der Waals surface area contributed by atoms with Gasteiger partial charge < -0.3 is 0 Å². The van der Waals surface area contributed by atoms with E-state index in [1.54, 1.807) is 0 Å². The minimum atomic E-state index is 0.669. The lowest BCUT2D eigenvalue weighted by molar-refractivity contribution is 0.679. The molecule has 0 aromatic heterocycles. The molecule has 58 valence electrons. The van der Waals surface area contributed by atoms with Gasteiger partial charge in [-0.25, -0.2) is 0 Å². The average Bonchev–Trinajstić information content (AvgIpc) is 2.28. The van der Waals surface area contributed by atoms with Crippen molar-refractivity contribution >= 4 is 0 Å². The van der Waals surface area contributed by atoms with Crippen LogP contribution in [0.25, 0.3) is 0 Å². The zero-order valence-corrected chi connectivity index (χ0v) is 6.74. The summed E-state index contributed by atoms with van der Waals surface area (Å²) in [4.78, 5) is 0. The van der Waals surface area contributed by atoms with Crippen molar-refractivity contribution in [2.75, 3.05) is 0 Å². The molecule has 0 unspecified atom stereocenters. The first-order chi connectivity index (χ1) is 5.43. The molecule has 0 saturated carbocycles. The summed E-state index contributed by atoms with van der Waals surface area (Å²) in [6.07, 6.45) is 17.0. The molecule has 11 heavy (non-hydrogen) atoms. The van der Waals surface area contributed by atoms with E-state index in [1.807, 2.05) is 12.2 Å². The van der Waals surface area contributed by atoms with E-state index >= 15 is 0 Å². The second-order valence-electron chi connectivity index (χ2n) is 2.71. The summed E-state index contributed by atoms with van der Waals surface area (Å²) in [5.74, 6) is 0.669. The predicted molar refractivity (Wildman–Crippen MR) is 50.3 cm³/mol. The van der Waals surface area contributed by atoms with E-state index in [2.05, 4.69) is 37.0 Å². The Bertz CT molecular complexity index is 180. The highest BCUT2D eigenvalue weighted by atomic mass is 14.0. The van der Waals surface area contributed by atoms with Gasteiger partial charge in [-0.1, -0.05) is 49.1 Å². The number of allylic oxidation sites excluding steroid dienone is 7. The molecule has 0 heteroatoms. The fourth-order valence-corrected chi connectivity index (χ4v) is 1.15. The molecular formula is C11H14. The molecule has 0 atom stereocenters. The van der Waals surface area contributed by atoms with Crippen LogP contribution in [0.3, 0.4) is 0 Å². The second-order valence-corrected chi connectivity index (χ2v) is 2.71. The van der Waals surface area contributed by atoms with Gasteiger partial charge in [0.25, 0.3) is 0 Å². The molecule has 0 fully saturated rings. The summed E-state index contributed by atoms with van der Waals surface area (Å²) >= 11 is 0. The summed E-state index contributed by atoms with van der Waals surface area (Å²) in [7, 11) is 0. The van der Waals surface area contributed by atoms with Crippen molar-refractivity contribution < 1.29 is 0 Å². The standard InChI is InChI=1S/C11H14/c1-2-3-8-11-9-6-4-5-7-10-11/h2-8,11H,1,9-10H2/b8-3-. The zero-order chi connectivity index (χ0) is 7.94. The normalized spacial score (nSPS) is 18.9. The summed E-state index contributed by atoms with van der Waals surface area (Å²) < 4.78 is 0. The van der Waals surface area contributed by atoms with Crippen molar-refractivity contribution in [3.8, 4) is 0 Å². The molecule has 0 nitrogen and oxygen atoms in total. The Morgan fingerprint density at radius 3 is 2.36 bits per heavy atom. The van der Waals surface area contributed by atoms with Gasteiger partial charge in [0, 0.05) is 0 Å². The van der Waals surface area contributed by atoms with Crippen LogP contribution < -0.4 is 0 Å². The van der Waals surface area contributed by atoms with E-state index in [4.69, 9.17) is 0 Å². The third kappa shape index (κ3) is 3.03. The van der Waals surface area contributed by atoms with Crippen molar-refractivity contribution in [1.29, 1.82) is 0 Å². The lowest BCUT2D eigenvalue weighted by atomic mass is 10.0. The molecule has 1 aliphatic rings. The number of rotatable bonds is 2. The number of hydrogen-bond acceptors (Lipinski definition) is 0. The highest BCUT2D eigenvalue weighted by Gasteiger charge is 2.00. The first kappa shape index (κ1) is 8.06. The van der Waals surface area contributed by atoms with Gasteiger partial charge in [0.2, 0.25) is 0 Å². The highest BCUT2D eigenvalue weighted by molar-refractivity contribution is 5.11. The maximum atomic E-state index is 3.65. The first-order valence-electron chi connectivity index (χ1n) is 4.04. The van der Waals surface area contributed by atoms with E-state index in [0.29, 0.717) is 5.92 Å². The molecule has 0 aromatic carbocycles. The fraction of sp³-hybridized carbons (Fsp3) is 0.273.